The molecule has 1 N–H and O–H groups in total. The molecule has 5 aromatic rings. The van der Waals surface area contributed by atoms with Crippen molar-refractivity contribution in [2.75, 3.05) is 12.4 Å². The Balaban J connectivity index is 1.24. The smallest absolute Gasteiger partial charge is 0.414 e. The van der Waals surface area contributed by atoms with Gasteiger partial charge in [0.05, 0.1) is 35.5 Å². The molecular weight excluding hydrogens is 566 g/mol. The number of hydrogen-bond acceptors (Lipinski definition) is 8. The van der Waals surface area contributed by atoms with Crippen molar-refractivity contribution in [2.45, 2.75) is 44.9 Å². The summed E-state index contributed by atoms with van der Waals surface area (Å²) in [6.45, 7) is 0.528. The molecule has 1 aliphatic rings. The maximum Gasteiger partial charge on any atom is 0.414 e. The van der Waals surface area contributed by atoms with Gasteiger partial charge in [0, 0.05) is 18.2 Å². The topological polar surface area (TPSA) is 117 Å². The van der Waals surface area contributed by atoms with Crippen LogP contribution in [0.2, 0.25) is 0 Å². The zero-order valence-electron chi connectivity index (χ0n) is 25.0. The fourth-order valence-electron chi connectivity index (χ4n) is 5.62. The Morgan fingerprint density at radius 1 is 0.978 bits per heavy atom. The normalized spacial score (nSPS) is 13.7. The van der Waals surface area contributed by atoms with Crippen LogP contribution < -0.4 is 5.32 Å². The lowest BCUT2D eigenvalue weighted by molar-refractivity contribution is 0.0500. The molecule has 6 rings (SSSR count). The van der Waals surface area contributed by atoms with Gasteiger partial charge in [0.2, 0.25) is 5.95 Å². The molecule has 1 atom stereocenters. The lowest BCUT2D eigenvalue weighted by Crippen LogP contribution is -2.16. The van der Waals surface area contributed by atoms with Crippen LogP contribution in [0.3, 0.4) is 0 Å². The van der Waals surface area contributed by atoms with E-state index in [-0.39, 0.29) is 18.7 Å². The van der Waals surface area contributed by atoms with Crippen LogP contribution in [0.1, 0.15) is 54.3 Å². The third kappa shape index (κ3) is 7.40. The molecule has 1 unspecified atom stereocenters. The van der Waals surface area contributed by atoms with Gasteiger partial charge >= 0.3 is 6.09 Å². The highest BCUT2D eigenvalue weighted by atomic mass is 16.5. The van der Waals surface area contributed by atoms with Gasteiger partial charge in [-0.3, -0.25) is 10.3 Å². The van der Waals surface area contributed by atoms with Gasteiger partial charge in [-0.15, -0.1) is 11.5 Å². The van der Waals surface area contributed by atoms with Crippen molar-refractivity contribution in [1.29, 1.82) is 0 Å². The van der Waals surface area contributed by atoms with Crippen molar-refractivity contribution in [2.24, 2.45) is 5.92 Å². The number of terminal acetylenes is 1. The minimum atomic E-state index is -0.680. The molecule has 0 bridgehead atoms. The lowest BCUT2D eigenvalue weighted by Gasteiger charge is -2.21. The molecule has 0 radical (unpaired) electrons. The number of aromatic nitrogens is 6. The molecule has 10 nitrogen and oxygen atoms in total. The van der Waals surface area contributed by atoms with Gasteiger partial charge in [-0.2, -0.15) is 0 Å². The fourth-order valence-corrected chi connectivity index (χ4v) is 5.62. The van der Waals surface area contributed by atoms with Crippen LogP contribution in [0.4, 0.5) is 10.7 Å². The number of benzene rings is 2. The van der Waals surface area contributed by atoms with Crippen molar-refractivity contribution in [1.82, 2.24) is 29.9 Å². The average molecular weight is 600 g/mol. The van der Waals surface area contributed by atoms with Crippen LogP contribution in [0.25, 0.3) is 22.6 Å². The zero-order valence-corrected chi connectivity index (χ0v) is 25.0. The highest BCUT2D eigenvalue weighted by Crippen LogP contribution is 2.37. The first kappa shape index (κ1) is 29.7. The van der Waals surface area contributed by atoms with E-state index in [0.29, 0.717) is 35.1 Å². The molecule has 10 heteroatoms. The van der Waals surface area contributed by atoms with E-state index in [1.54, 1.807) is 24.1 Å². The SMILES string of the molecule is C#Cc1cccc(-c2cc(-c3cn(Cc4cccc(C(OC)C5CCCC5)n4)nn3)nc(NC(=O)OCc3ccccc3)n2)c1. The van der Waals surface area contributed by atoms with E-state index in [2.05, 4.69) is 31.5 Å². The Labute approximate surface area is 261 Å². The Morgan fingerprint density at radius 2 is 1.78 bits per heavy atom. The van der Waals surface area contributed by atoms with E-state index in [9.17, 15) is 4.79 Å². The molecule has 1 fully saturated rings. The van der Waals surface area contributed by atoms with E-state index in [1.807, 2.05) is 72.8 Å². The Hall–Kier alpha value is -5.40. The van der Waals surface area contributed by atoms with Crippen LogP contribution in [0, 0.1) is 18.3 Å². The Kier molecular flexibility index (Phi) is 9.18. The summed E-state index contributed by atoms with van der Waals surface area (Å²) in [5, 5.41) is 11.4. The van der Waals surface area contributed by atoms with Gasteiger partial charge in [0.15, 0.2) is 0 Å². The molecule has 45 heavy (non-hydrogen) atoms. The number of carbonyl (C=O) groups excluding carboxylic acids is 1. The predicted molar refractivity (Wildman–Crippen MR) is 170 cm³/mol. The summed E-state index contributed by atoms with van der Waals surface area (Å²) in [6, 6.07) is 24.6. The number of anilines is 1. The molecule has 0 aliphatic heterocycles. The largest absolute Gasteiger partial charge is 0.444 e. The second-order valence-corrected chi connectivity index (χ2v) is 10.9. The summed E-state index contributed by atoms with van der Waals surface area (Å²) in [7, 11) is 1.76. The summed E-state index contributed by atoms with van der Waals surface area (Å²) in [6.07, 6.45) is 11.5. The number of rotatable bonds is 10. The first-order valence-corrected chi connectivity index (χ1v) is 14.9. The second-order valence-electron chi connectivity index (χ2n) is 10.9. The molecule has 3 aromatic heterocycles. The summed E-state index contributed by atoms with van der Waals surface area (Å²) in [4.78, 5) is 26.7. The summed E-state index contributed by atoms with van der Waals surface area (Å²) < 4.78 is 13.0. The van der Waals surface area contributed by atoms with Gasteiger partial charge in [-0.05, 0) is 54.7 Å². The molecule has 3 heterocycles. The maximum atomic E-state index is 12.7. The van der Waals surface area contributed by atoms with Gasteiger partial charge < -0.3 is 9.47 Å². The number of hydrogen-bond donors (Lipinski definition) is 1. The van der Waals surface area contributed by atoms with E-state index in [4.69, 9.17) is 20.9 Å². The molecule has 1 amide bonds. The van der Waals surface area contributed by atoms with E-state index >= 15 is 0 Å². The first-order valence-electron chi connectivity index (χ1n) is 14.9. The number of nitrogens with one attached hydrogen (secondary N) is 1. The van der Waals surface area contributed by atoms with Crippen molar-refractivity contribution in [3.05, 3.63) is 108 Å². The van der Waals surface area contributed by atoms with E-state index < -0.39 is 6.09 Å². The molecule has 0 saturated heterocycles. The van der Waals surface area contributed by atoms with Gasteiger partial charge in [0.25, 0.3) is 0 Å². The molecule has 226 valence electrons. The lowest BCUT2D eigenvalue weighted by atomic mass is 9.97. The fraction of sp³-hybridized carbons (Fsp3) is 0.257. The van der Waals surface area contributed by atoms with E-state index in [1.165, 1.54) is 12.8 Å². The predicted octanol–water partition coefficient (Wildman–Crippen LogP) is 6.45. The average Bonchev–Trinajstić information content (AvgIpc) is 3.78. The summed E-state index contributed by atoms with van der Waals surface area (Å²) in [5.74, 6) is 3.20. The zero-order chi connectivity index (χ0) is 31.0. The van der Waals surface area contributed by atoms with Crippen LogP contribution in [0.15, 0.2) is 85.1 Å². The number of ether oxygens (including phenoxy) is 2. The maximum absolute atomic E-state index is 12.7. The van der Waals surface area contributed by atoms with Crippen LogP contribution in [-0.4, -0.2) is 43.1 Å². The van der Waals surface area contributed by atoms with Crippen molar-refractivity contribution in [3.8, 4) is 35.0 Å². The molecule has 0 spiro atoms. The standard InChI is InChI=1S/C35H33N7O3/c1-3-24-13-9-16-27(19-24)30-20-31(38-34(37-30)39-35(43)45-23-25-11-5-4-6-12-25)32-22-42(41-40-32)21-28-17-10-18-29(36-28)33(44-2)26-14-7-8-15-26/h1,4-6,9-13,16-20,22,26,33H,7-8,14-15,21,23H2,2H3,(H,37,38,39,43). The third-order valence-electron chi connectivity index (χ3n) is 7.80. The monoisotopic (exact) mass is 599 g/mol. The van der Waals surface area contributed by atoms with Gasteiger partial charge in [-0.1, -0.05) is 72.5 Å². The van der Waals surface area contributed by atoms with Crippen molar-refractivity contribution < 1.29 is 14.3 Å². The van der Waals surface area contributed by atoms with Crippen molar-refractivity contribution in [3.63, 3.8) is 0 Å². The third-order valence-corrected chi connectivity index (χ3v) is 7.80. The number of nitrogens with zero attached hydrogens (tertiary/aromatic N) is 6. The second kappa shape index (κ2) is 13.9. The van der Waals surface area contributed by atoms with Crippen LogP contribution in [-0.2, 0) is 22.6 Å². The summed E-state index contributed by atoms with van der Waals surface area (Å²) >= 11 is 0. The van der Waals surface area contributed by atoms with E-state index in [0.717, 1.165) is 35.4 Å². The molecule has 1 saturated carbocycles. The van der Waals surface area contributed by atoms with Gasteiger partial charge in [-0.25, -0.2) is 19.4 Å². The Bertz CT molecular complexity index is 1810. The summed E-state index contributed by atoms with van der Waals surface area (Å²) in [5.41, 5.74) is 5.64. The van der Waals surface area contributed by atoms with Crippen LogP contribution >= 0.6 is 0 Å². The highest BCUT2D eigenvalue weighted by molar-refractivity contribution is 5.83. The molecule has 2 aromatic carbocycles. The minimum Gasteiger partial charge on any atom is -0.444 e. The number of amides is 1. The minimum absolute atomic E-state index is 0.0172. The molecular formula is C35H33N7O3. The highest BCUT2D eigenvalue weighted by Gasteiger charge is 2.27. The quantitative estimate of drug-likeness (QED) is 0.182. The van der Waals surface area contributed by atoms with Gasteiger partial charge in [0.1, 0.15) is 18.4 Å². The first-order chi connectivity index (χ1) is 22.1. The Morgan fingerprint density at radius 3 is 2.58 bits per heavy atom. The number of pyridine rings is 1. The van der Waals surface area contributed by atoms with Crippen LogP contribution in [0.5, 0.6) is 0 Å². The number of carbonyl (C=O) groups is 1. The number of methoxy groups -OCH3 is 1. The van der Waals surface area contributed by atoms with Crippen molar-refractivity contribution >= 4 is 12.0 Å². The molecule has 1 aliphatic carbocycles.